The van der Waals surface area contributed by atoms with E-state index in [2.05, 4.69) is 20.4 Å². The Hall–Kier alpha value is -1.46. The minimum atomic E-state index is -1.93. The lowest BCUT2D eigenvalue weighted by molar-refractivity contribution is -0.384. The number of aliphatic hydroxyl groups is 16. The Labute approximate surface area is 432 Å². The Bertz CT molecular complexity index is 1940. The third kappa shape index (κ3) is 10.3. The molecule has 9 rings (SSSR count). The first-order chi connectivity index (χ1) is 35.5. The van der Waals surface area contributed by atoms with Gasteiger partial charge in [-0.05, 0) is 80.5 Å². The summed E-state index contributed by atoms with van der Waals surface area (Å²) in [5, 5.41) is 170. The topological polar surface area (TPSA) is 416 Å². The molecular formula is C49H80O26. The molecule has 2 bridgehead atoms. The van der Waals surface area contributed by atoms with Crippen LogP contribution in [0.3, 0.4) is 0 Å². The van der Waals surface area contributed by atoms with Crippen LogP contribution in [0.5, 0.6) is 0 Å². The maximum atomic E-state index is 11.7. The normalized spacial score (nSPS) is 55.2. The van der Waals surface area contributed by atoms with Gasteiger partial charge in [-0.2, -0.15) is 0 Å². The molecule has 4 aliphatic carbocycles. The number of allylic oxidation sites excluding steroid dienone is 1. The van der Waals surface area contributed by atoms with E-state index < -0.39 is 191 Å². The van der Waals surface area contributed by atoms with Gasteiger partial charge in [0.05, 0.1) is 44.4 Å². The number of rotatable bonds is 15. The van der Waals surface area contributed by atoms with Crippen LogP contribution in [-0.4, -0.2) is 268 Å². The molecule has 5 saturated heterocycles. The van der Waals surface area contributed by atoms with E-state index in [9.17, 15) is 81.7 Å². The summed E-state index contributed by atoms with van der Waals surface area (Å²) in [6.45, 7) is 5.34. The summed E-state index contributed by atoms with van der Waals surface area (Å²) in [5.41, 5.74) is -2.12. The first-order valence-corrected chi connectivity index (χ1v) is 26.3. The molecule has 26 nitrogen and oxygen atoms in total. The summed E-state index contributed by atoms with van der Waals surface area (Å²) in [4.78, 5) is 0. The minimum Gasteiger partial charge on any atom is -0.466 e. The molecule has 0 aromatic carbocycles. The van der Waals surface area contributed by atoms with Crippen molar-refractivity contribution in [2.75, 3.05) is 33.0 Å². The van der Waals surface area contributed by atoms with Crippen LogP contribution in [0.1, 0.15) is 78.1 Å². The monoisotopic (exact) mass is 1080 g/mol. The first kappa shape index (κ1) is 58.2. The summed E-state index contributed by atoms with van der Waals surface area (Å²) in [6, 6.07) is 0. The molecule has 75 heavy (non-hydrogen) atoms. The van der Waals surface area contributed by atoms with E-state index in [-0.39, 0.29) is 28.4 Å². The van der Waals surface area contributed by atoms with E-state index in [4.69, 9.17) is 47.4 Å². The van der Waals surface area contributed by atoms with Gasteiger partial charge >= 0.3 is 0 Å². The maximum Gasteiger partial charge on any atom is 0.229 e. The molecule has 16 N–H and O–H groups in total. The molecule has 5 heterocycles. The van der Waals surface area contributed by atoms with Crippen LogP contribution < -0.4 is 0 Å². The Morgan fingerprint density at radius 2 is 0.987 bits per heavy atom. The van der Waals surface area contributed by atoms with Gasteiger partial charge in [-0.1, -0.05) is 26.8 Å². The van der Waals surface area contributed by atoms with Crippen molar-refractivity contribution in [2.24, 2.45) is 28.1 Å². The molecule has 9 aliphatic rings. The highest BCUT2D eigenvalue weighted by Crippen LogP contribution is 2.73. The molecule has 30 atom stereocenters. The second kappa shape index (κ2) is 22.5. The summed E-state index contributed by atoms with van der Waals surface area (Å²) in [5.74, 6) is 0.368. The average molecular weight is 1090 g/mol. The van der Waals surface area contributed by atoms with Gasteiger partial charge in [0.2, 0.25) is 6.29 Å². The van der Waals surface area contributed by atoms with Crippen LogP contribution in [0.2, 0.25) is 0 Å². The molecule has 26 heteroatoms. The molecular weight excluding hydrogens is 1000 g/mol. The van der Waals surface area contributed by atoms with Crippen LogP contribution in [0, 0.1) is 28.1 Å². The Morgan fingerprint density at radius 3 is 1.59 bits per heavy atom. The van der Waals surface area contributed by atoms with Crippen LogP contribution >= 0.6 is 0 Å². The zero-order valence-electron chi connectivity index (χ0n) is 42.1. The molecule has 1 unspecified atom stereocenters. The predicted molar refractivity (Wildman–Crippen MR) is 245 cm³/mol. The van der Waals surface area contributed by atoms with Crippen molar-refractivity contribution < 1.29 is 129 Å². The van der Waals surface area contributed by atoms with Gasteiger partial charge in [-0.25, -0.2) is 0 Å². The molecule has 432 valence electrons. The van der Waals surface area contributed by atoms with Crippen molar-refractivity contribution in [3.05, 3.63) is 12.3 Å². The van der Waals surface area contributed by atoms with E-state index in [0.717, 1.165) is 25.7 Å². The molecule has 5 aliphatic heterocycles. The fraction of sp³-hybridized carbons (Fsp3) is 0.959. The lowest BCUT2D eigenvalue weighted by atomic mass is 9.40. The number of fused-ring (bicyclic) bond motifs is 3. The summed E-state index contributed by atoms with van der Waals surface area (Å²) >= 11 is 0. The number of hydrogen-bond donors (Lipinski definition) is 16. The van der Waals surface area contributed by atoms with Crippen LogP contribution in [0.15, 0.2) is 12.3 Å². The SMILES string of the molecule is C=C(O[C@@H]1O[C@H](CO)[C@@H](O)[C@H](O[C@@H]2OC(CO)[C@@H](O)[C@H](O)[C@H]2O)[C@H]1O[C@@H]1OC[C@@H](O)[C@H](O)[C@H]1O)[C@]1(C)CCC[C@@]2(C)[C@@H]3CC[C@@]4(O[C@@H]5O[C@H](CO)[C@@H](O)[C@H](O)[C@H]5O[C@@H]5O[C@H](CO)[C@@H](O)[C@H](O)[C@H]5O)CC[C@]3(CC[C@@H]21)C4. The Kier molecular flexibility index (Phi) is 17.4. The van der Waals surface area contributed by atoms with Crippen LogP contribution in [0.4, 0.5) is 0 Å². The highest BCUT2D eigenvalue weighted by Gasteiger charge is 2.68. The molecule has 0 radical (unpaired) electrons. The van der Waals surface area contributed by atoms with E-state index in [1.165, 1.54) is 0 Å². The fourth-order valence-corrected chi connectivity index (χ4v) is 14.8. The van der Waals surface area contributed by atoms with Crippen molar-refractivity contribution in [1.82, 2.24) is 0 Å². The zero-order valence-corrected chi connectivity index (χ0v) is 42.1. The quantitative estimate of drug-likeness (QED) is 0.0536. The highest BCUT2D eigenvalue weighted by atomic mass is 16.8. The van der Waals surface area contributed by atoms with Crippen molar-refractivity contribution >= 4 is 0 Å². The van der Waals surface area contributed by atoms with E-state index >= 15 is 0 Å². The Balaban J connectivity index is 0.943. The van der Waals surface area contributed by atoms with Gasteiger partial charge in [-0.15, -0.1) is 0 Å². The largest absolute Gasteiger partial charge is 0.466 e. The second-order valence-electron chi connectivity index (χ2n) is 23.2. The predicted octanol–water partition coefficient (Wildman–Crippen LogP) is -5.83. The van der Waals surface area contributed by atoms with Crippen molar-refractivity contribution in [2.45, 2.75) is 231 Å². The molecule has 1 spiro atoms. The lowest BCUT2D eigenvalue weighted by Gasteiger charge is -2.65. The average Bonchev–Trinajstić information content (AvgIpc) is 3.66. The van der Waals surface area contributed by atoms with Crippen molar-refractivity contribution in [3.8, 4) is 0 Å². The zero-order chi connectivity index (χ0) is 54.3. The van der Waals surface area contributed by atoms with Gasteiger partial charge in [0, 0.05) is 5.41 Å². The summed E-state index contributed by atoms with van der Waals surface area (Å²) < 4.78 is 61.0. The molecule has 0 aromatic heterocycles. The van der Waals surface area contributed by atoms with Gasteiger partial charge in [0.25, 0.3) is 0 Å². The number of aliphatic hydroxyl groups excluding tert-OH is 16. The van der Waals surface area contributed by atoms with Crippen molar-refractivity contribution in [3.63, 3.8) is 0 Å². The lowest BCUT2D eigenvalue weighted by Crippen LogP contribution is -2.66. The number of ether oxygens (including phenoxy) is 10. The van der Waals surface area contributed by atoms with E-state index in [0.29, 0.717) is 38.5 Å². The van der Waals surface area contributed by atoms with Crippen LogP contribution in [0.25, 0.3) is 0 Å². The smallest absolute Gasteiger partial charge is 0.229 e. The van der Waals surface area contributed by atoms with Gasteiger partial charge in [-0.3, -0.25) is 0 Å². The maximum absolute atomic E-state index is 11.7. The van der Waals surface area contributed by atoms with Crippen LogP contribution in [-0.2, 0) is 47.4 Å². The standard InChI is InChI=1S/C49H80O26/c1-19(67-44-40(74-41-35(63)27(55)20(54)17-66-41)38(31(59)24(16-53)70-44)72-42-36(64)32(60)28(56)21(13-50)68-42)46(2)7-4-8-47(3)25(46)5-9-48-11-12-49(18-48,10-6-26(47)48)75-45-39(34(62)30(58)23(15-52)71-45)73-43-37(65)33(61)29(57)22(14-51)69-43/h20-45,50-65H,1,4-18H2,2-3H3/t20-,21?,22-,23-,24-,25-,26+,27+,28-,29-,30-,31-,32+,33+,34+,35-,36-,37-,38+,39-,40-,41+,42+,43+,44-,45+,46+,47-,48-,49-/m1/s1. The van der Waals surface area contributed by atoms with E-state index in [1.807, 2.05) is 0 Å². The molecule has 0 aromatic rings. The minimum absolute atomic E-state index is 0.0423. The van der Waals surface area contributed by atoms with Gasteiger partial charge in [0.1, 0.15) is 110 Å². The van der Waals surface area contributed by atoms with Crippen molar-refractivity contribution in [1.29, 1.82) is 0 Å². The Morgan fingerprint density at radius 1 is 0.480 bits per heavy atom. The molecule has 4 saturated carbocycles. The molecule has 0 amide bonds. The van der Waals surface area contributed by atoms with Gasteiger partial charge < -0.3 is 129 Å². The summed E-state index contributed by atoms with van der Waals surface area (Å²) in [7, 11) is 0. The first-order valence-electron chi connectivity index (χ1n) is 26.3. The third-order valence-corrected chi connectivity index (χ3v) is 19.0. The van der Waals surface area contributed by atoms with E-state index in [1.54, 1.807) is 0 Å². The fourth-order valence-electron chi connectivity index (χ4n) is 14.8. The second-order valence-corrected chi connectivity index (χ2v) is 23.2. The summed E-state index contributed by atoms with van der Waals surface area (Å²) in [6.07, 6.45) is -32.7. The third-order valence-electron chi connectivity index (χ3n) is 19.0. The van der Waals surface area contributed by atoms with Gasteiger partial charge in [0.15, 0.2) is 31.3 Å². The molecule has 9 fully saturated rings. The highest BCUT2D eigenvalue weighted by molar-refractivity contribution is 5.20. The number of hydrogen-bond acceptors (Lipinski definition) is 26.